The summed E-state index contributed by atoms with van der Waals surface area (Å²) in [6.07, 6.45) is -0.586. The number of carboxylic acids is 1. The molecule has 2 N–H and O–H groups in total. The summed E-state index contributed by atoms with van der Waals surface area (Å²) < 4.78 is 24.9. The molecule has 0 bridgehead atoms. The predicted molar refractivity (Wildman–Crippen MR) is 104 cm³/mol. The number of ether oxygens (including phenoxy) is 2. The fourth-order valence-corrected chi connectivity index (χ4v) is 2.50. The largest absolute Gasteiger partial charge is 0.492 e. The number of carbonyl (C=O) groups excluding carboxylic acids is 1. The van der Waals surface area contributed by atoms with E-state index < -0.39 is 23.5 Å². The molecular formula is C20H21ClFNO5. The van der Waals surface area contributed by atoms with Gasteiger partial charge >= 0.3 is 12.1 Å². The molecule has 6 nitrogen and oxygen atoms in total. The summed E-state index contributed by atoms with van der Waals surface area (Å²) in [5.41, 5.74) is -0.203. The lowest BCUT2D eigenvalue weighted by Crippen LogP contribution is -2.34. The second-order valence-corrected chi connectivity index (χ2v) is 7.34. The van der Waals surface area contributed by atoms with Crippen LogP contribution in [0.5, 0.6) is 5.75 Å². The Hall–Kier alpha value is -2.80. The minimum Gasteiger partial charge on any atom is -0.492 e. The van der Waals surface area contributed by atoms with Crippen molar-refractivity contribution >= 4 is 23.7 Å². The van der Waals surface area contributed by atoms with E-state index in [2.05, 4.69) is 5.32 Å². The van der Waals surface area contributed by atoms with E-state index in [0.717, 1.165) is 0 Å². The molecule has 0 saturated carbocycles. The number of aromatic carboxylic acids is 1. The molecule has 8 heteroatoms. The van der Waals surface area contributed by atoms with Crippen molar-refractivity contribution in [3.63, 3.8) is 0 Å². The van der Waals surface area contributed by atoms with E-state index >= 15 is 0 Å². The number of nitrogens with one attached hydrogen (secondary N) is 1. The van der Waals surface area contributed by atoms with Crippen LogP contribution in [0.4, 0.5) is 9.18 Å². The first-order valence-electron chi connectivity index (χ1n) is 8.49. The number of carboxylic acid groups (broad SMARTS) is 1. The average Bonchev–Trinajstić information content (AvgIpc) is 2.59. The maximum absolute atomic E-state index is 14.3. The Kier molecular flexibility index (Phi) is 6.85. The first-order valence-corrected chi connectivity index (χ1v) is 8.87. The number of rotatable bonds is 6. The maximum Gasteiger partial charge on any atom is 0.407 e. The van der Waals surface area contributed by atoms with Crippen LogP contribution in [0.15, 0.2) is 36.4 Å². The Morgan fingerprint density at radius 2 is 1.93 bits per heavy atom. The lowest BCUT2D eigenvalue weighted by Gasteiger charge is -2.19. The molecule has 1 amide bonds. The van der Waals surface area contributed by atoms with E-state index in [1.807, 2.05) is 0 Å². The highest BCUT2D eigenvalue weighted by atomic mass is 35.5. The SMILES string of the molecule is CC(C)(C)OC(=O)NCCOc1cc(C(=O)O)cc(-c2cccc(Cl)c2F)c1. The standard InChI is InChI=1S/C20H21ClFNO5/c1-20(2,3)28-19(26)23-7-8-27-14-10-12(9-13(11-14)18(24)25)15-5-4-6-16(21)17(15)22/h4-6,9-11H,7-8H2,1-3H3,(H,23,26)(H,24,25). The molecule has 0 atom stereocenters. The quantitative estimate of drug-likeness (QED) is 0.672. The van der Waals surface area contributed by atoms with Gasteiger partial charge in [0.15, 0.2) is 0 Å². The second-order valence-electron chi connectivity index (χ2n) is 6.93. The Morgan fingerprint density at radius 1 is 1.21 bits per heavy atom. The van der Waals surface area contributed by atoms with Crippen LogP contribution in [0.3, 0.4) is 0 Å². The fraction of sp³-hybridized carbons (Fsp3) is 0.300. The first kappa shape index (κ1) is 21.5. The van der Waals surface area contributed by atoms with Gasteiger partial charge in [0.05, 0.1) is 17.1 Å². The summed E-state index contributed by atoms with van der Waals surface area (Å²) in [6.45, 7) is 5.46. The van der Waals surface area contributed by atoms with Gasteiger partial charge in [-0.1, -0.05) is 23.7 Å². The van der Waals surface area contributed by atoms with Gasteiger partial charge in [0, 0.05) is 5.56 Å². The third-order valence-corrected chi connectivity index (χ3v) is 3.75. The fourth-order valence-electron chi connectivity index (χ4n) is 2.32. The highest BCUT2D eigenvalue weighted by Crippen LogP contribution is 2.31. The molecule has 0 saturated heterocycles. The Bertz CT molecular complexity index is 879. The van der Waals surface area contributed by atoms with E-state index in [0.29, 0.717) is 5.56 Å². The molecule has 2 rings (SSSR count). The third-order valence-electron chi connectivity index (χ3n) is 3.46. The average molecular weight is 410 g/mol. The van der Waals surface area contributed by atoms with Crippen LogP contribution >= 0.6 is 11.6 Å². The third kappa shape index (κ3) is 6.13. The highest BCUT2D eigenvalue weighted by Gasteiger charge is 2.16. The number of halogens is 2. The van der Waals surface area contributed by atoms with Gasteiger partial charge in [0.2, 0.25) is 0 Å². The number of alkyl carbamates (subject to hydrolysis) is 1. The van der Waals surface area contributed by atoms with Gasteiger partial charge in [0.25, 0.3) is 0 Å². The molecule has 0 aliphatic heterocycles. The van der Waals surface area contributed by atoms with Gasteiger partial charge in [-0.05, 0) is 50.6 Å². The van der Waals surface area contributed by atoms with Gasteiger partial charge < -0.3 is 19.9 Å². The van der Waals surface area contributed by atoms with E-state index in [1.165, 1.54) is 30.3 Å². The Morgan fingerprint density at radius 3 is 2.57 bits per heavy atom. The summed E-state index contributed by atoms with van der Waals surface area (Å²) in [6, 6.07) is 8.63. The van der Waals surface area contributed by atoms with Crippen LogP contribution in [0.2, 0.25) is 5.02 Å². The number of hydrogen-bond donors (Lipinski definition) is 2. The molecule has 0 radical (unpaired) electrons. The first-order chi connectivity index (χ1) is 13.1. The van der Waals surface area contributed by atoms with Crippen molar-refractivity contribution in [2.75, 3.05) is 13.2 Å². The van der Waals surface area contributed by atoms with Gasteiger partial charge in [-0.3, -0.25) is 0 Å². The Labute approximate surface area is 167 Å². The lowest BCUT2D eigenvalue weighted by molar-refractivity contribution is 0.0520. The molecular weight excluding hydrogens is 389 g/mol. The van der Waals surface area contributed by atoms with E-state index in [1.54, 1.807) is 26.8 Å². The second kappa shape index (κ2) is 8.93. The number of hydrogen-bond acceptors (Lipinski definition) is 4. The molecule has 0 aliphatic carbocycles. The number of benzene rings is 2. The van der Waals surface area contributed by atoms with E-state index in [9.17, 15) is 19.1 Å². The predicted octanol–water partition coefficient (Wildman–Crippen LogP) is 4.75. The molecule has 2 aromatic rings. The number of amides is 1. The van der Waals surface area contributed by atoms with Crippen LogP contribution in [0, 0.1) is 5.82 Å². The molecule has 0 spiro atoms. The van der Waals surface area contributed by atoms with Crippen molar-refractivity contribution in [1.82, 2.24) is 5.32 Å². The zero-order valence-corrected chi connectivity index (χ0v) is 16.5. The molecule has 2 aromatic carbocycles. The summed E-state index contributed by atoms with van der Waals surface area (Å²) >= 11 is 5.81. The van der Waals surface area contributed by atoms with Crippen LogP contribution in [-0.4, -0.2) is 35.9 Å². The van der Waals surface area contributed by atoms with E-state index in [4.69, 9.17) is 21.1 Å². The normalized spacial score (nSPS) is 11.0. The van der Waals surface area contributed by atoms with E-state index in [-0.39, 0.29) is 35.1 Å². The molecule has 0 aromatic heterocycles. The topological polar surface area (TPSA) is 84.9 Å². The molecule has 0 heterocycles. The molecule has 0 fully saturated rings. The zero-order chi connectivity index (χ0) is 20.9. The van der Waals surface area contributed by atoms with Crippen molar-refractivity contribution in [3.05, 3.63) is 52.8 Å². The zero-order valence-electron chi connectivity index (χ0n) is 15.7. The van der Waals surface area contributed by atoms with Gasteiger partial charge in [-0.15, -0.1) is 0 Å². The molecule has 0 unspecified atom stereocenters. The highest BCUT2D eigenvalue weighted by molar-refractivity contribution is 6.31. The molecule has 28 heavy (non-hydrogen) atoms. The van der Waals surface area contributed by atoms with Crippen molar-refractivity contribution < 1.29 is 28.6 Å². The van der Waals surface area contributed by atoms with Crippen molar-refractivity contribution in [2.24, 2.45) is 0 Å². The van der Waals surface area contributed by atoms with Gasteiger partial charge in [0.1, 0.15) is 23.8 Å². The molecule has 0 aliphatic rings. The summed E-state index contributed by atoms with van der Waals surface area (Å²) in [7, 11) is 0. The summed E-state index contributed by atoms with van der Waals surface area (Å²) in [5, 5.41) is 11.8. The number of carbonyl (C=O) groups is 2. The van der Waals surface area contributed by atoms with Crippen LogP contribution in [0.25, 0.3) is 11.1 Å². The maximum atomic E-state index is 14.3. The van der Waals surface area contributed by atoms with Crippen molar-refractivity contribution in [2.45, 2.75) is 26.4 Å². The van der Waals surface area contributed by atoms with Gasteiger partial charge in [-0.2, -0.15) is 0 Å². The smallest absolute Gasteiger partial charge is 0.407 e. The molecule has 150 valence electrons. The minimum atomic E-state index is -1.18. The summed E-state index contributed by atoms with van der Waals surface area (Å²) in [4.78, 5) is 23.0. The van der Waals surface area contributed by atoms with Crippen LogP contribution < -0.4 is 10.1 Å². The van der Waals surface area contributed by atoms with Crippen molar-refractivity contribution in [1.29, 1.82) is 0 Å². The monoisotopic (exact) mass is 409 g/mol. The van der Waals surface area contributed by atoms with Crippen LogP contribution in [-0.2, 0) is 4.74 Å². The van der Waals surface area contributed by atoms with Crippen molar-refractivity contribution in [3.8, 4) is 16.9 Å². The Balaban J connectivity index is 2.12. The van der Waals surface area contributed by atoms with Crippen LogP contribution in [0.1, 0.15) is 31.1 Å². The minimum absolute atomic E-state index is 0.0630. The lowest BCUT2D eigenvalue weighted by atomic mass is 10.0. The summed E-state index contributed by atoms with van der Waals surface area (Å²) in [5.74, 6) is -1.61. The van der Waals surface area contributed by atoms with Gasteiger partial charge in [-0.25, -0.2) is 14.0 Å².